The molecule has 1 aromatic rings. The van der Waals surface area contributed by atoms with E-state index in [2.05, 4.69) is 10.3 Å². The summed E-state index contributed by atoms with van der Waals surface area (Å²) in [6.45, 7) is 3.98. The monoisotopic (exact) mass is 250 g/mol. The van der Waals surface area contributed by atoms with Crippen LogP contribution >= 0.6 is 0 Å². The minimum atomic E-state index is -0.0395. The Hall–Kier alpha value is -1.36. The minimum Gasteiger partial charge on any atom is -0.363 e. The van der Waals surface area contributed by atoms with E-state index in [1.807, 2.05) is 13.8 Å². The molecule has 5 heteroatoms. The van der Waals surface area contributed by atoms with Crippen LogP contribution in [0.15, 0.2) is 17.2 Å². The van der Waals surface area contributed by atoms with Gasteiger partial charge in [0.25, 0.3) is 5.56 Å². The molecule has 5 nitrogen and oxygen atoms in total. The van der Waals surface area contributed by atoms with Gasteiger partial charge in [-0.1, -0.05) is 0 Å². The van der Waals surface area contributed by atoms with Gasteiger partial charge in [-0.15, -0.1) is 0 Å². The van der Waals surface area contributed by atoms with Gasteiger partial charge in [-0.25, -0.2) is 4.98 Å². The van der Waals surface area contributed by atoms with Gasteiger partial charge in [0.2, 0.25) is 0 Å². The van der Waals surface area contributed by atoms with Crippen LogP contribution in [0.4, 0.5) is 5.82 Å². The van der Waals surface area contributed by atoms with Gasteiger partial charge in [-0.2, -0.15) is 0 Å². The van der Waals surface area contributed by atoms with Crippen molar-refractivity contribution >= 4 is 5.82 Å². The standard InChI is InChI=1S/C13H22N4O/c1-9(2)17-8-7-15-12(13(17)18)16-11-5-3-10(14)4-6-11/h7-11H,3-6,14H2,1-2H3,(H,15,16). The van der Waals surface area contributed by atoms with Crippen LogP contribution < -0.4 is 16.6 Å². The highest BCUT2D eigenvalue weighted by atomic mass is 16.1. The van der Waals surface area contributed by atoms with Crippen LogP contribution in [0.3, 0.4) is 0 Å². The van der Waals surface area contributed by atoms with Crippen molar-refractivity contribution < 1.29 is 0 Å². The highest BCUT2D eigenvalue weighted by Crippen LogP contribution is 2.19. The number of hydrogen-bond donors (Lipinski definition) is 2. The topological polar surface area (TPSA) is 72.9 Å². The smallest absolute Gasteiger partial charge is 0.293 e. The van der Waals surface area contributed by atoms with E-state index in [0.717, 1.165) is 25.7 Å². The fraction of sp³-hybridized carbons (Fsp3) is 0.692. The van der Waals surface area contributed by atoms with Crippen LogP contribution in [-0.4, -0.2) is 21.6 Å². The highest BCUT2D eigenvalue weighted by Gasteiger charge is 2.19. The van der Waals surface area contributed by atoms with Gasteiger partial charge in [-0.05, 0) is 39.5 Å². The molecule has 0 atom stereocenters. The van der Waals surface area contributed by atoms with E-state index >= 15 is 0 Å². The van der Waals surface area contributed by atoms with Crippen molar-refractivity contribution in [2.24, 2.45) is 5.73 Å². The first kappa shape index (κ1) is 13.1. The van der Waals surface area contributed by atoms with Gasteiger partial charge >= 0.3 is 0 Å². The second-order valence-electron chi connectivity index (χ2n) is 5.34. The normalized spacial score (nSPS) is 24.2. The molecule has 1 aliphatic carbocycles. The average Bonchev–Trinajstić information content (AvgIpc) is 2.34. The summed E-state index contributed by atoms with van der Waals surface area (Å²) in [4.78, 5) is 16.3. The van der Waals surface area contributed by atoms with Crippen LogP contribution in [0.2, 0.25) is 0 Å². The average molecular weight is 250 g/mol. The molecule has 1 aromatic heterocycles. The van der Waals surface area contributed by atoms with E-state index in [1.54, 1.807) is 17.0 Å². The molecule has 1 aliphatic rings. The predicted octanol–water partition coefficient (Wildman–Crippen LogP) is 1.51. The lowest BCUT2D eigenvalue weighted by Crippen LogP contribution is -2.35. The summed E-state index contributed by atoms with van der Waals surface area (Å²) in [7, 11) is 0. The minimum absolute atomic E-state index is 0.0395. The summed E-state index contributed by atoms with van der Waals surface area (Å²) < 4.78 is 1.70. The van der Waals surface area contributed by atoms with Crippen molar-refractivity contribution in [2.75, 3.05) is 5.32 Å². The maximum atomic E-state index is 12.2. The molecule has 2 rings (SSSR count). The Morgan fingerprint density at radius 3 is 2.67 bits per heavy atom. The third kappa shape index (κ3) is 2.90. The Bertz CT molecular complexity index is 447. The number of nitrogens with zero attached hydrogens (tertiary/aromatic N) is 2. The zero-order chi connectivity index (χ0) is 13.1. The van der Waals surface area contributed by atoms with E-state index in [0.29, 0.717) is 17.9 Å². The van der Waals surface area contributed by atoms with Crippen LogP contribution in [0.1, 0.15) is 45.6 Å². The molecule has 3 N–H and O–H groups in total. The Kier molecular flexibility index (Phi) is 4.01. The molecule has 0 aliphatic heterocycles. The van der Waals surface area contributed by atoms with Crippen LogP contribution in [0, 0.1) is 0 Å². The number of nitrogens with two attached hydrogens (primary N) is 1. The second-order valence-corrected chi connectivity index (χ2v) is 5.34. The van der Waals surface area contributed by atoms with E-state index in [-0.39, 0.29) is 11.6 Å². The van der Waals surface area contributed by atoms with E-state index < -0.39 is 0 Å². The van der Waals surface area contributed by atoms with Crippen molar-refractivity contribution in [3.05, 3.63) is 22.7 Å². The number of hydrogen-bond acceptors (Lipinski definition) is 4. The lowest BCUT2D eigenvalue weighted by Gasteiger charge is -2.27. The second kappa shape index (κ2) is 5.52. The Morgan fingerprint density at radius 2 is 2.06 bits per heavy atom. The van der Waals surface area contributed by atoms with E-state index in [9.17, 15) is 4.79 Å². The molecule has 18 heavy (non-hydrogen) atoms. The molecular formula is C13H22N4O. The molecule has 0 radical (unpaired) electrons. The maximum absolute atomic E-state index is 12.2. The zero-order valence-corrected chi connectivity index (χ0v) is 11.1. The third-order valence-electron chi connectivity index (χ3n) is 3.54. The van der Waals surface area contributed by atoms with Gasteiger partial charge in [0, 0.05) is 30.5 Å². The first-order valence-electron chi connectivity index (χ1n) is 6.67. The molecule has 0 unspecified atom stereocenters. The fourth-order valence-corrected chi connectivity index (χ4v) is 2.39. The van der Waals surface area contributed by atoms with Gasteiger partial charge in [-0.3, -0.25) is 4.79 Å². The van der Waals surface area contributed by atoms with Gasteiger partial charge < -0.3 is 15.6 Å². The van der Waals surface area contributed by atoms with Crippen molar-refractivity contribution in [2.45, 2.75) is 57.7 Å². The first-order chi connectivity index (χ1) is 8.58. The fourth-order valence-electron chi connectivity index (χ4n) is 2.39. The predicted molar refractivity (Wildman–Crippen MR) is 72.7 cm³/mol. The maximum Gasteiger partial charge on any atom is 0.293 e. The zero-order valence-electron chi connectivity index (χ0n) is 11.1. The van der Waals surface area contributed by atoms with Crippen molar-refractivity contribution in [3.8, 4) is 0 Å². The molecule has 0 amide bonds. The van der Waals surface area contributed by atoms with Crippen LogP contribution in [0.5, 0.6) is 0 Å². The number of anilines is 1. The molecule has 100 valence electrons. The van der Waals surface area contributed by atoms with Crippen molar-refractivity contribution in [1.82, 2.24) is 9.55 Å². The Balaban J connectivity index is 2.10. The molecule has 0 saturated heterocycles. The highest BCUT2D eigenvalue weighted by molar-refractivity contribution is 5.32. The third-order valence-corrected chi connectivity index (χ3v) is 3.54. The van der Waals surface area contributed by atoms with Gasteiger partial charge in [0.15, 0.2) is 5.82 Å². The van der Waals surface area contributed by atoms with Crippen LogP contribution in [-0.2, 0) is 0 Å². The summed E-state index contributed by atoms with van der Waals surface area (Å²) in [6, 6.07) is 0.799. The summed E-state index contributed by atoms with van der Waals surface area (Å²) in [5.41, 5.74) is 5.84. The molecule has 0 spiro atoms. The lowest BCUT2D eigenvalue weighted by atomic mass is 9.92. The SMILES string of the molecule is CC(C)n1ccnc(NC2CCC(N)CC2)c1=O. The quantitative estimate of drug-likeness (QED) is 0.852. The van der Waals surface area contributed by atoms with Crippen molar-refractivity contribution in [3.63, 3.8) is 0 Å². The first-order valence-corrected chi connectivity index (χ1v) is 6.67. The van der Waals surface area contributed by atoms with E-state index in [1.165, 1.54) is 0 Å². The number of aromatic nitrogens is 2. The van der Waals surface area contributed by atoms with Crippen molar-refractivity contribution in [1.29, 1.82) is 0 Å². The molecular weight excluding hydrogens is 228 g/mol. The largest absolute Gasteiger partial charge is 0.363 e. The Morgan fingerprint density at radius 1 is 1.39 bits per heavy atom. The Labute approximate surface area is 107 Å². The lowest BCUT2D eigenvalue weighted by molar-refractivity contribution is 0.410. The summed E-state index contributed by atoms with van der Waals surface area (Å²) in [5.74, 6) is 0.465. The van der Waals surface area contributed by atoms with Crippen LogP contribution in [0.25, 0.3) is 0 Å². The number of nitrogens with one attached hydrogen (secondary N) is 1. The summed E-state index contributed by atoms with van der Waals surface area (Å²) in [5, 5.41) is 3.26. The van der Waals surface area contributed by atoms with Gasteiger partial charge in [0.05, 0.1) is 0 Å². The van der Waals surface area contributed by atoms with E-state index in [4.69, 9.17) is 5.73 Å². The molecule has 0 bridgehead atoms. The van der Waals surface area contributed by atoms with Gasteiger partial charge in [0.1, 0.15) is 0 Å². The number of rotatable bonds is 3. The summed E-state index contributed by atoms with van der Waals surface area (Å²) >= 11 is 0. The molecule has 0 aromatic carbocycles. The molecule has 1 fully saturated rings. The summed E-state index contributed by atoms with van der Waals surface area (Å²) in [6.07, 6.45) is 7.47. The molecule has 1 heterocycles. The molecule has 1 saturated carbocycles.